The molecule has 9 rings (SSSR count). The number of fused-ring (bicyclic) bond motifs is 3. The minimum atomic E-state index is -0.714. The fourth-order valence-corrected chi connectivity index (χ4v) is 10.5. The molecule has 294 valence electrons. The zero-order valence-electron chi connectivity index (χ0n) is 32.9. The van der Waals surface area contributed by atoms with Crippen LogP contribution in [0.15, 0.2) is 91.0 Å². The molecular formula is C48H53N5O4. The number of amides is 3. The molecule has 5 aliphatic rings. The monoisotopic (exact) mass is 763 g/mol. The van der Waals surface area contributed by atoms with Crippen molar-refractivity contribution >= 4 is 29.7 Å². The highest BCUT2D eigenvalue weighted by atomic mass is 16.2. The minimum Gasteiger partial charge on any atom is -0.372 e. The summed E-state index contributed by atoms with van der Waals surface area (Å²) in [5.74, 6) is 1.52. The Kier molecular flexibility index (Phi) is 10.4. The average Bonchev–Trinajstić information content (AvgIpc) is 3.72. The maximum absolute atomic E-state index is 13.5. The highest BCUT2D eigenvalue weighted by molar-refractivity contribution is 6.05. The number of nitrogens with zero attached hydrogens (tertiary/aromatic N) is 4. The van der Waals surface area contributed by atoms with Crippen LogP contribution in [-0.2, 0) is 29.1 Å². The van der Waals surface area contributed by atoms with Crippen molar-refractivity contribution in [2.75, 3.05) is 51.2 Å². The molecule has 9 nitrogen and oxygen atoms in total. The first-order valence-electron chi connectivity index (χ1n) is 21.0. The smallest absolute Gasteiger partial charge is 0.255 e. The Morgan fingerprint density at radius 3 is 2.21 bits per heavy atom. The first-order chi connectivity index (χ1) is 27.9. The third-order valence-corrected chi connectivity index (χ3v) is 13.5. The first kappa shape index (κ1) is 37.3. The lowest BCUT2D eigenvalue weighted by Crippen LogP contribution is -2.53. The van der Waals surface area contributed by atoms with Crippen molar-refractivity contribution in [3.05, 3.63) is 136 Å². The number of rotatable bonds is 12. The Labute approximate surface area is 336 Å². The van der Waals surface area contributed by atoms with Crippen LogP contribution in [0.4, 0.5) is 5.69 Å². The molecule has 1 N–H and O–H groups in total. The van der Waals surface area contributed by atoms with Gasteiger partial charge in [-0.2, -0.15) is 0 Å². The van der Waals surface area contributed by atoms with E-state index in [-0.39, 0.29) is 37.1 Å². The van der Waals surface area contributed by atoms with Gasteiger partial charge in [-0.1, -0.05) is 66.7 Å². The molecule has 3 amide bonds. The molecule has 4 aromatic carbocycles. The fraction of sp³-hybridized carbons (Fsp3) is 0.417. The lowest BCUT2D eigenvalue weighted by Gasteiger charge is -2.44. The van der Waals surface area contributed by atoms with E-state index in [1.54, 1.807) is 0 Å². The zero-order valence-corrected chi connectivity index (χ0v) is 32.9. The van der Waals surface area contributed by atoms with Crippen molar-refractivity contribution < 1.29 is 19.2 Å². The average molecular weight is 764 g/mol. The molecule has 9 heteroatoms. The van der Waals surface area contributed by atoms with Crippen LogP contribution in [0.3, 0.4) is 0 Å². The van der Waals surface area contributed by atoms with Crippen molar-refractivity contribution in [2.24, 2.45) is 11.8 Å². The van der Waals surface area contributed by atoms with Gasteiger partial charge in [-0.05, 0) is 102 Å². The third-order valence-electron chi connectivity index (χ3n) is 13.5. The maximum atomic E-state index is 13.5. The van der Waals surface area contributed by atoms with Gasteiger partial charge in [0.15, 0.2) is 0 Å². The molecule has 4 heterocycles. The van der Waals surface area contributed by atoms with Crippen LogP contribution in [-0.4, -0.2) is 91.1 Å². The molecule has 0 saturated carbocycles. The van der Waals surface area contributed by atoms with Crippen LogP contribution >= 0.6 is 0 Å². The molecule has 2 fully saturated rings. The summed E-state index contributed by atoms with van der Waals surface area (Å²) in [6.45, 7) is 6.81. The second-order valence-electron chi connectivity index (χ2n) is 17.0. The molecule has 4 aromatic rings. The van der Waals surface area contributed by atoms with E-state index in [2.05, 4.69) is 94.0 Å². The summed E-state index contributed by atoms with van der Waals surface area (Å²) in [6.07, 6.45) is 5.92. The van der Waals surface area contributed by atoms with Crippen molar-refractivity contribution in [2.45, 2.75) is 69.5 Å². The van der Waals surface area contributed by atoms with Crippen LogP contribution in [0.25, 0.3) is 0 Å². The molecule has 2 saturated heterocycles. The van der Waals surface area contributed by atoms with Gasteiger partial charge in [0, 0.05) is 94.5 Å². The summed E-state index contributed by atoms with van der Waals surface area (Å²) >= 11 is 0. The number of carbonyl (C=O) groups excluding carboxylic acids is 4. The van der Waals surface area contributed by atoms with Crippen molar-refractivity contribution in [3.8, 4) is 0 Å². The zero-order chi connectivity index (χ0) is 39.0. The Hall–Kier alpha value is -5.28. The van der Waals surface area contributed by atoms with Gasteiger partial charge in [0.25, 0.3) is 11.8 Å². The number of hydrogen-bond acceptors (Lipinski definition) is 6. The molecule has 3 atom stereocenters. The first-order valence-corrected chi connectivity index (χ1v) is 21.0. The Balaban J connectivity index is 0.753. The largest absolute Gasteiger partial charge is 0.372 e. The highest BCUT2D eigenvalue weighted by Crippen LogP contribution is 2.46. The molecule has 0 aromatic heterocycles. The number of anilines is 1. The van der Waals surface area contributed by atoms with Crippen LogP contribution in [0, 0.1) is 11.8 Å². The van der Waals surface area contributed by atoms with Gasteiger partial charge in [-0.15, -0.1) is 0 Å². The van der Waals surface area contributed by atoms with Gasteiger partial charge in [-0.3, -0.25) is 14.4 Å². The lowest BCUT2D eigenvalue weighted by atomic mass is 9.69. The topological polar surface area (TPSA) is 93.3 Å². The summed E-state index contributed by atoms with van der Waals surface area (Å²) in [5, 5.41) is 2.62. The summed E-state index contributed by atoms with van der Waals surface area (Å²) in [5.41, 5.74) is 10.0. The van der Waals surface area contributed by atoms with Crippen LogP contribution < -0.4 is 10.2 Å². The lowest BCUT2D eigenvalue weighted by molar-refractivity contribution is -0.125. The molecule has 0 spiro atoms. The van der Waals surface area contributed by atoms with E-state index in [1.807, 2.05) is 17.0 Å². The Bertz CT molecular complexity index is 2140. The number of carbonyl (C=O) groups is 4. The second kappa shape index (κ2) is 15.9. The summed E-state index contributed by atoms with van der Waals surface area (Å²) < 4.78 is 0. The van der Waals surface area contributed by atoms with Crippen molar-refractivity contribution in [3.63, 3.8) is 0 Å². The third kappa shape index (κ3) is 7.27. The number of aryl methyl sites for hydroxylation is 1. The SMILES string of the molecule is CNC(=O)C(CCC=O)N1Cc2cc3c(cc2C1=O)CN(CC1CN(CC2CCN(c4ccc(C5c6ccccc6CCC5c5ccccc5)cc4)CC2)C1)C3=O. The van der Waals surface area contributed by atoms with E-state index in [0.29, 0.717) is 41.3 Å². The van der Waals surface area contributed by atoms with Gasteiger partial charge in [0.1, 0.15) is 12.3 Å². The summed E-state index contributed by atoms with van der Waals surface area (Å²) in [6, 6.07) is 32.6. The van der Waals surface area contributed by atoms with Crippen molar-refractivity contribution in [1.29, 1.82) is 0 Å². The number of hydrogen-bond donors (Lipinski definition) is 1. The molecule has 1 aliphatic carbocycles. The molecule has 4 aliphatic heterocycles. The molecule has 57 heavy (non-hydrogen) atoms. The number of piperidine rings is 1. The van der Waals surface area contributed by atoms with E-state index in [9.17, 15) is 19.2 Å². The van der Waals surface area contributed by atoms with Gasteiger partial charge in [0.2, 0.25) is 5.91 Å². The van der Waals surface area contributed by atoms with Gasteiger partial charge in [0.05, 0.1) is 0 Å². The predicted octanol–water partition coefficient (Wildman–Crippen LogP) is 6.40. The highest BCUT2D eigenvalue weighted by Gasteiger charge is 2.40. The van der Waals surface area contributed by atoms with Gasteiger partial charge in [-0.25, -0.2) is 0 Å². The van der Waals surface area contributed by atoms with E-state index < -0.39 is 6.04 Å². The molecule has 0 radical (unpaired) electrons. The van der Waals surface area contributed by atoms with Crippen LogP contribution in [0.1, 0.15) is 98.0 Å². The quantitative estimate of drug-likeness (QED) is 0.168. The maximum Gasteiger partial charge on any atom is 0.255 e. The van der Waals surface area contributed by atoms with E-state index in [0.717, 1.165) is 63.1 Å². The Morgan fingerprint density at radius 2 is 1.47 bits per heavy atom. The standard InChI is InChI=1S/C48H53N5O4/c1-49-46(55)44(12-7-23-54)53-31-38-25-42-37(24-43(38)48(53)57)30-52(47(42)56)29-33-27-50(28-33)26-32-19-21-51(22-20-32)39-16-13-36(14-17-39)45-40-11-6-5-10-35(40)15-18-41(45)34-8-3-2-4-9-34/h2-6,8-11,13-14,16-17,23-25,32-33,41,44-45H,7,12,15,18-22,26-31H2,1H3,(H,49,55). The summed E-state index contributed by atoms with van der Waals surface area (Å²) in [7, 11) is 1.54. The minimum absolute atomic E-state index is 0.0286. The number of likely N-dealkylation sites (N-methyl/N-ethyl adjacent to an activating group) is 1. The predicted molar refractivity (Wildman–Crippen MR) is 221 cm³/mol. The Morgan fingerprint density at radius 1 is 0.772 bits per heavy atom. The normalized spacial score (nSPS) is 21.5. The van der Waals surface area contributed by atoms with E-state index in [4.69, 9.17) is 0 Å². The number of benzene rings is 4. The number of aldehydes is 1. The summed E-state index contributed by atoms with van der Waals surface area (Å²) in [4.78, 5) is 59.1. The number of likely N-dealkylation sites (tertiary alicyclic amines) is 1. The number of nitrogens with one attached hydrogen (secondary N) is 1. The van der Waals surface area contributed by atoms with Crippen LogP contribution in [0.2, 0.25) is 0 Å². The van der Waals surface area contributed by atoms with Crippen LogP contribution in [0.5, 0.6) is 0 Å². The molecule has 3 unspecified atom stereocenters. The fourth-order valence-electron chi connectivity index (χ4n) is 10.5. The molecule has 0 bridgehead atoms. The van der Waals surface area contributed by atoms with Gasteiger partial charge < -0.3 is 29.7 Å². The van der Waals surface area contributed by atoms with E-state index in [1.165, 1.54) is 59.2 Å². The second-order valence-corrected chi connectivity index (χ2v) is 17.0. The van der Waals surface area contributed by atoms with Crippen molar-refractivity contribution in [1.82, 2.24) is 20.0 Å². The van der Waals surface area contributed by atoms with Gasteiger partial charge >= 0.3 is 0 Å². The molecular weight excluding hydrogens is 711 g/mol. The van der Waals surface area contributed by atoms with E-state index >= 15 is 0 Å².